The van der Waals surface area contributed by atoms with Crippen LogP contribution in [0.1, 0.15) is 71.3 Å². The molecule has 1 aliphatic heterocycles. The Labute approximate surface area is 224 Å². The normalized spacial score (nSPS) is 29.8. The largest absolute Gasteiger partial charge is 0.481 e. The average Bonchev–Trinajstić information content (AvgIpc) is 3.23. The zero-order chi connectivity index (χ0) is 27.4. The van der Waals surface area contributed by atoms with E-state index in [0.29, 0.717) is 29.3 Å². The van der Waals surface area contributed by atoms with Gasteiger partial charge in [-0.2, -0.15) is 0 Å². The van der Waals surface area contributed by atoms with Crippen LogP contribution in [-0.2, 0) is 14.1 Å². The molecule has 0 radical (unpaired) electrons. The Bertz CT molecular complexity index is 1220. The van der Waals surface area contributed by atoms with E-state index in [9.17, 15) is 14.7 Å². The second-order valence-corrected chi connectivity index (χ2v) is 12.5. The standard InChI is InChI=1S/C28H39BN4O5/c1-15(2)11-23(29-37-22-13-17-12-21(27(17,4)5)28(22,6)38-29)32-26(36)24(16(3)34)33-25(35)20-14-30-18-9-7-8-10-19(18)31-20/h7-10,14-17,21-24,34H,11-13H2,1-6H3,(H,32,36)(H,33,35)/t16-,17-,21+,22-,23+,24+,28+/m1/s1. The number of amides is 2. The van der Waals surface area contributed by atoms with E-state index >= 15 is 0 Å². The number of aliphatic hydroxyl groups is 1. The molecule has 2 aromatic rings. The lowest BCUT2D eigenvalue weighted by molar-refractivity contribution is -0.199. The summed E-state index contributed by atoms with van der Waals surface area (Å²) in [6.07, 6.45) is 2.96. The number of carbonyl (C=O) groups excluding carboxylic acids is 2. The van der Waals surface area contributed by atoms with Gasteiger partial charge in [-0.25, -0.2) is 4.98 Å². The van der Waals surface area contributed by atoms with Gasteiger partial charge in [0.05, 0.1) is 41.0 Å². The Morgan fingerprint density at radius 1 is 1.13 bits per heavy atom. The Morgan fingerprint density at radius 2 is 1.84 bits per heavy atom. The quantitative estimate of drug-likeness (QED) is 0.456. The molecule has 38 heavy (non-hydrogen) atoms. The predicted octanol–water partition coefficient (Wildman–Crippen LogP) is 2.91. The van der Waals surface area contributed by atoms with Gasteiger partial charge in [-0.15, -0.1) is 0 Å². The highest BCUT2D eigenvalue weighted by Gasteiger charge is 2.68. The maximum Gasteiger partial charge on any atom is 0.481 e. The molecule has 4 fully saturated rings. The number of rotatable bonds is 8. The predicted molar refractivity (Wildman–Crippen MR) is 144 cm³/mol. The lowest BCUT2D eigenvalue weighted by Gasteiger charge is -2.64. The number of hydrogen-bond acceptors (Lipinski definition) is 7. The first-order chi connectivity index (χ1) is 17.9. The van der Waals surface area contributed by atoms with E-state index in [1.54, 1.807) is 12.1 Å². The molecule has 1 aromatic carbocycles. The Morgan fingerprint density at radius 3 is 2.50 bits per heavy atom. The summed E-state index contributed by atoms with van der Waals surface area (Å²) in [5.74, 6) is -0.210. The van der Waals surface area contributed by atoms with Gasteiger partial charge in [0.1, 0.15) is 11.7 Å². The molecule has 3 saturated carbocycles. The highest BCUT2D eigenvalue weighted by molar-refractivity contribution is 6.48. The van der Waals surface area contributed by atoms with E-state index in [2.05, 4.69) is 55.2 Å². The van der Waals surface area contributed by atoms with Gasteiger partial charge in [-0.05, 0) is 68.4 Å². The van der Waals surface area contributed by atoms with E-state index in [1.807, 2.05) is 12.1 Å². The molecule has 204 valence electrons. The molecule has 2 heterocycles. The van der Waals surface area contributed by atoms with Crippen molar-refractivity contribution in [1.82, 2.24) is 20.6 Å². The second kappa shape index (κ2) is 9.88. The monoisotopic (exact) mass is 522 g/mol. The van der Waals surface area contributed by atoms with Crippen molar-refractivity contribution in [1.29, 1.82) is 0 Å². The maximum absolute atomic E-state index is 13.4. The third-order valence-electron chi connectivity index (χ3n) is 9.08. The van der Waals surface area contributed by atoms with Gasteiger partial charge in [0, 0.05) is 0 Å². The van der Waals surface area contributed by atoms with Crippen LogP contribution in [-0.4, -0.2) is 63.8 Å². The van der Waals surface area contributed by atoms with E-state index < -0.39 is 42.6 Å². The summed E-state index contributed by atoms with van der Waals surface area (Å²) in [4.78, 5) is 35.1. The summed E-state index contributed by atoms with van der Waals surface area (Å²) < 4.78 is 13.1. The van der Waals surface area contributed by atoms with Crippen molar-refractivity contribution in [2.45, 2.75) is 90.6 Å². The molecular formula is C28H39BN4O5. The first-order valence-corrected chi connectivity index (χ1v) is 13.7. The van der Waals surface area contributed by atoms with Crippen LogP contribution in [0.3, 0.4) is 0 Å². The lowest BCUT2D eigenvalue weighted by Crippen LogP contribution is -2.65. The number of hydrogen-bond donors (Lipinski definition) is 3. The topological polar surface area (TPSA) is 123 Å². The van der Waals surface area contributed by atoms with Crippen molar-refractivity contribution in [3.63, 3.8) is 0 Å². The Hall–Kier alpha value is -2.56. The first-order valence-electron chi connectivity index (χ1n) is 13.7. The summed E-state index contributed by atoms with van der Waals surface area (Å²) in [6.45, 7) is 12.4. The number of carbonyl (C=O) groups is 2. The molecule has 6 rings (SSSR count). The van der Waals surface area contributed by atoms with Crippen molar-refractivity contribution < 1.29 is 24.0 Å². The van der Waals surface area contributed by atoms with Crippen LogP contribution in [0.2, 0.25) is 0 Å². The molecule has 2 amide bonds. The number of para-hydroxylation sites is 2. The average molecular weight is 522 g/mol. The van der Waals surface area contributed by atoms with E-state index in [4.69, 9.17) is 9.31 Å². The van der Waals surface area contributed by atoms with Gasteiger partial charge in [-0.3, -0.25) is 14.6 Å². The van der Waals surface area contributed by atoms with E-state index in [-0.39, 0.29) is 23.1 Å². The molecule has 0 unspecified atom stereocenters. The van der Waals surface area contributed by atoms with Gasteiger partial charge in [0.15, 0.2) is 0 Å². The van der Waals surface area contributed by atoms with E-state index in [1.165, 1.54) is 13.1 Å². The summed E-state index contributed by atoms with van der Waals surface area (Å²) in [5, 5.41) is 16.1. The van der Waals surface area contributed by atoms with Crippen LogP contribution in [0.5, 0.6) is 0 Å². The van der Waals surface area contributed by atoms with Crippen molar-refractivity contribution in [3.8, 4) is 0 Å². The van der Waals surface area contributed by atoms with Gasteiger partial charge >= 0.3 is 7.12 Å². The molecule has 1 aromatic heterocycles. The molecule has 1 saturated heterocycles. The van der Waals surface area contributed by atoms with Crippen molar-refractivity contribution in [2.24, 2.45) is 23.2 Å². The zero-order valence-corrected chi connectivity index (χ0v) is 23.1. The fourth-order valence-corrected chi connectivity index (χ4v) is 6.78. The maximum atomic E-state index is 13.4. The minimum Gasteiger partial charge on any atom is -0.404 e. The Kier molecular flexibility index (Phi) is 7.03. The number of fused-ring (bicyclic) bond motifs is 1. The van der Waals surface area contributed by atoms with Crippen molar-refractivity contribution in [3.05, 3.63) is 36.2 Å². The SMILES string of the molecule is CC(C)C[C@H](NC(=O)[C@@H](NC(=O)c1cnc2ccccc2n1)[C@@H](C)O)B1O[C@@H]2C[C@H]3C[C@@H](C3(C)C)[C@]2(C)O1. The van der Waals surface area contributed by atoms with Crippen LogP contribution < -0.4 is 10.6 Å². The smallest absolute Gasteiger partial charge is 0.404 e. The second-order valence-electron chi connectivity index (χ2n) is 12.5. The van der Waals surface area contributed by atoms with Crippen molar-refractivity contribution in [2.75, 3.05) is 0 Å². The highest BCUT2D eigenvalue weighted by atomic mass is 16.7. The molecule has 7 atom stereocenters. The van der Waals surface area contributed by atoms with Crippen LogP contribution >= 0.6 is 0 Å². The number of nitrogens with one attached hydrogen (secondary N) is 2. The molecule has 10 heteroatoms. The number of nitrogens with zero attached hydrogens (tertiary/aromatic N) is 2. The molecule has 3 N–H and O–H groups in total. The first kappa shape index (κ1) is 27.0. The van der Waals surface area contributed by atoms with Gasteiger partial charge < -0.3 is 25.0 Å². The summed E-state index contributed by atoms with van der Waals surface area (Å²) in [7, 11) is -0.594. The molecular weight excluding hydrogens is 483 g/mol. The Balaban J connectivity index is 1.30. The highest BCUT2D eigenvalue weighted by Crippen LogP contribution is 2.65. The summed E-state index contributed by atoms with van der Waals surface area (Å²) >= 11 is 0. The number of benzene rings is 1. The van der Waals surface area contributed by atoms with Crippen LogP contribution in [0, 0.1) is 23.2 Å². The van der Waals surface area contributed by atoms with Crippen LogP contribution in [0.25, 0.3) is 11.0 Å². The molecule has 3 aliphatic carbocycles. The minimum absolute atomic E-state index is 0.00502. The van der Waals surface area contributed by atoms with Crippen LogP contribution in [0.15, 0.2) is 30.5 Å². The fraction of sp³-hybridized carbons (Fsp3) is 0.643. The van der Waals surface area contributed by atoms with Gasteiger partial charge in [0.2, 0.25) is 5.91 Å². The van der Waals surface area contributed by atoms with Crippen LogP contribution in [0.4, 0.5) is 0 Å². The third kappa shape index (κ3) is 4.71. The number of aliphatic hydroxyl groups excluding tert-OH is 1. The fourth-order valence-electron chi connectivity index (χ4n) is 6.78. The molecule has 4 aliphatic rings. The summed E-state index contributed by atoms with van der Waals surface area (Å²) in [5.41, 5.74) is 1.13. The number of aromatic nitrogens is 2. The van der Waals surface area contributed by atoms with Gasteiger partial charge in [-0.1, -0.05) is 39.8 Å². The summed E-state index contributed by atoms with van der Waals surface area (Å²) in [6, 6.07) is 6.04. The zero-order valence-electron chi connectivity index (χ0n) is 23.1. The molecule has 2 bridgehead atoms. The van der Waals surface area contributed by atoms with Gasteiger partial charge in [0.25, 0.3) is 5.91 Å². The molecule has 9 nitrogen and oxygen atoms in total. The lowest BCUT2D eigenvalue weighted by atomic mass is 9.43. The minimum atomic E-state index is -1.18. The van der Waals surface area contributed by atoms with E-state index in [0.717, 1.165) is 12.8 Å². The van der Waals surface area contributed by atoms with Crippen molar-refractivity contribution >= 4 is 30.0 Å². The molecule has 0 spiro atoms. The third-order valence-corrected chi connectivity index (χ3v) is 9.08.